The van der Waals surface area contributed by atoms with Gasteiger partial charge in [-0.15, -0.1) is 0 Å². The van der Waals surface area contributed by atoms with E-state index in [1.807, 2.05) is 13.8 Å². The number of piperidine rings is 1. The molecule has 2 atom stereocenters. The smallest absolute Gasteiger partial charge is 0.279 e. The molecule has 0 bridgehead atoms. The zero-order chi connectivity index (χ0) is 13.8. The Balaban J connectivity index is 2.73. The highest BCUT2D eigenvalue weighted by Gasteiger charge is 2.33. The highest BCUT2D eigenvalue weighted by molar-refractivity contribution is 7.87. The zero-order valence-corrected chi connectivity index (χ0v) is 12.6. The molecule has 108 valence electrons. The lowest BCUT2D eigenvalue weighted by molar-refractivity contribution is 0.268. The Morgan fingerprint density at radius 2 is 2.17 bits per heavy atom. The monoisotopic (exact) mass is 277 g/mol. The number of hydrogen-bond donors (Lipinski definition) is 2. The van der Waals surface area contributed by atoms with Gasteiger partial charge in [0.15, 0.2) is 0 Å². The molecule has 0 aromatic carbocycles. The lowest BCUT2D eigenvalue weighted by Gasteiger charge is -2.35. The van der Waals surface area contributed by atoms with Gasteiger partial charge in [0.25, 0.3) is 10.2 Å². The average Bonchev–Trinajstić information content (AvgIpc) is 2.28. The second-order valence-electron chi connectivity index (χ2n) is 5.67. The van der Waals surface area contributed by atoms with Gasteiger partial charge in [-0.3, -0.25) is 0 Å². The van der Waals surface area contributed by atoms with Gasteiger partial charge in [-0.25, -0.2) is 0 Å². The molecule has 1 rings (SSSR count). The summed E-state index contributed by atoms with van der Waals surface area (Å²) in [7, 11) is -3.38. The van der Waals surface area contributed by atoms with Gasteiger partial charge in [0.2, 0.25) is 0 Å². The van der Waals surface area contributed by atoms with Crippen LogP contribution in [0.5, 0.6) is 0 Å². The number of nitrogens with two attached hydrogens (primary N) is 1. The van der Waals surface area contributed by atoms with Crippen molar-refractivity contribution in [2.24, 2.45) is 11.7 Å². The first-order valence-corrected chi connectivity index (χ1v) is 8.26. The SMILES string of the molecule is CCC(C)(CCN)NS(=O)(=O)N1CCCC(C)C1. The van der Waals surface area contributed by atoms with Crippen LogP contribution in [-0.4, -0.2) is 37.9 Å². The summed E-state index contributed by atoms with van der Waals surface area (Å²) in [6, 6.07) is 0. The third kappa shape index (κ3) is 4.19. The summed E-state index contributed by atoms with van der Waals surface area (Å²) in [5.41, 5.74) is 5.12. The van der Waals surface area contributed by atoms with Gasteiger partial charge in [0.1, 0.15) is 0 Å². The first-order chi connectivity index (χ1) is 8.33. The minimum absolute atomic E-state index is 0.436. The summed E-state index contributed by atoms with van der Waals surface area (Å²) in [5, 5.41) is 0. The van der Waals surface area contributed by atoms with Crippen molar-refractivity contribution in [1.82, 2.24) is 9.03 Å². The second kappa shape index (κ2) is 6.32. The minimum Gasteiger partial charge on any atom is -0.330 e. The Hall–Kier alpha value is -0.170. The molecule has 18 heavy (non-hydrogen) atoms. The molecule has 6 heteroatoms. The molecule has 1 saturated heterocycles. The summed E-state index contributed by atoms with van der Waals surface area (Å²) in [5.74, 6) is 0.442. The van der Waals surface area contributed by atoms with Crippen molar-refractivity contribution in [2.45, 2.75) is 52.0 Å². The summed E-state index contributed by atoms with van der Waals surface area (Å²) < 4.78 is 29.1. The van der Waals surface area contributed by atoms with Crippen molar-refractivity contribution >= 4 is 10.2 Å². The maximum Gasteiger partial charge on any atom is 0.279 e. The van der Waals surface area contributed by atoms with Crippen LogP contribution in [0.2, 0.25) is 0 Å². The van der Waals surface area contributed by atoms with Crippen molar-refractivity contribution in [1.29, 1.82) is 0 Å². The Morgan fingerprint density at radius 3 is 2.67 bits per heavy atom. The average molecular weight is 277 g/mol. The van der Waals surface area contributed by atoms with Crippen LogP contribution in [0.1, 0.15) is 46.5 Å². The highest BCUT2D eigenvalue weighted by Crippen LogP contribution is 2.21. The van der Waals surface area contributed by atoms with Crippen LogP contribution >= 0.6 is 0 Å². The maximum atomic E-state index is 12.4. The Labute approximate surface area is 111 Å². The van der Waals surface area contributed by atoms with Gasteiger partial charge in [-0.05, 0) is 45.1 Å². The van der Waals surface area contributed by atoms with Gasteiger partial charge in [0, 0.05) is 18.6 Å². The lowest BCUT2D eigenvalue weighted by Crippen LogP contribution is -2.54. The Morgan fingerprint density at radius 1 is 1.50 bits per heavy atom. The molecule has 1 aliphatic rings. The molecule has 1 heterocycles. The molecule has 1 fully saturated rings. The summed E-state index contributed by atoms with van der Waals surface area (Å²) in [4.78, 5) is 0. The predicted molar refractivity (Wildman–Crippen MR) is 74.4 cm³/mol. The quantitative estimate of drug-likeness (QED) is 0.762. The van der Waals surface area contributed by atoms with Gasteiger partial charge in [-0.2, -0.15) is 17.4 Å². The van der Waals surface area contributed by atoms with Crippen LogP contribution in [0.3, 0.4) is 0 Å². The summed E-state index contributed by atoms with van der Waals surface area (Å²) in [6.07, 6.45) is 3.46. The number of nitrogens with zero attached hydrogens (tertiary/aromatic N) is 1. The van der Waals surface area contributed by atoms with Crippen LogP contribution in [-0.2, 0) is 10.2 Å². The van der Waals surface area contributed by atoms with Gasteiger partial charge < -0.3 is 5.73 Å². The molecule has 0 radical (unpaired) electrons. The molecule has 1 aliphatic heterocycles. The van der Waals surface area contributed by atoms with E-state index in [9.17, 15) is 8.42 Å². The predicted octanol–water partition coefficient (Wildman–Crippen LogP) is 1.07. The number of rotatable bonds is 6. The van der Waals surface area contributed by atoms with E-state index in [1.165, 1.54) is 0 Å². The van der Waals surface area contributed by atoms with E-state index in [1.54, 1.807) is 4.31 Å². The van der Waals surface area contributed by atoms with E-state index in [4.69, 9.17) is 5.73 Å². The Kier molecular flexibility index (Phi) is 5.58. The lowest BCUT2D eigenvalue weighted by atomic mass is 9.96. The molecule has 0 saturated carbocycles. The van der Waals surface area contributed by atoms with Crippen LogP contribution in [0.25, 0.3) is 0 Å². The molecular formula is C12H27N3O2S. The first kappa shape index (κ1) is 15.9. The van der Waals surface area contributed by atoms with Crippen LogP contribution < -0.4 is 10.5 Å². The zero-order valence-electron chi connectivity index (χ0n) is 11.8. The topological polar surface area (TPSA) is 75.4 Å². The molecule has 0 spiro atoms. The minimum atomic E-state index is -3.38. The highest BCUT2D eigenvalue weighted by atomic mass is 32.2. The first-order valence-electron chi connectivity index (χ1n) is 6.82. The van der Waals surface area contributed by atoms with Crippen molar-refractivity contribution < 1.29 is 8.42 Å². The largest absolute Gasteiger partial charge is 0.330 e. The number of hydrogen-bond acceptors (Lipinski definition) is 3. The van der Waals surface area contributed by atoms with E-state index in [-0.39, 0.29) is 0 Å². The van der Waals surface area contributed by atoms with Gasteiger partial charge in [0.05, 0.1) is 0 Å². The van der Waals surface area contributed by atoms with E-state index in [2.05, 4.69) is 11.6 Å². The Bertz CT molecular complexity index is 358. The van der Waals surface area contributed by atoms with E-state index in [0.29, 0.717) is 32.0 Å². The molecular weight excluding hydrogens is 250 g/mol. The van der Waals surface area contributed by atoms with Crippen molar-refractivity contribution in [3.63, 3.8) is 0 Å². The van der Waals surface area contributed by atoms with E-state index >= 15 is 0 Å². The molecule has 0 aromatic heterocycles. The van der Waals surface area contributed by atoms with Crippen molar-refractivity contribution in [2.75, 3.05) is 19.6 Å². The van der Waals surface area contributed by atoms with Crippen LogP contribution in [0.15, 0.2) is 0 Å². The fourth-order valence-corrected chi connectivity index (χ4v) is 4.18. The third-order valence-electron chi connectivity index (χ3n) is 3.81. The summed E-state index contributed by atoms with van der Waals surface area (Å²) >= 11 is 0. The van der Waals surface area contributed by atoms with Crippen LogP contribution in [0.4, 0.5) is 0 Å². The molecule has 0 amide bonds. The standard InChI is InChI=1S/C12H27N3O2S/c1-4-12(3,7-8-13)14-18(16,17)15-9-5-6-11(2)10-15/h11,14H,4-10,13H2,1-3H3. The fraction of sp³-hybridized carbons (Fsp3) is 1.00. The van der Waals surface area contributed by atoms with Gasteiger partial charge in [-0.1, -0.05) is 13.8 Å². The molecule has 2 unspecified atom stereocenters. The third-order valence-corrected chi connectivity index (χ3v) is 5.57. The summed E-state index contributed by atoms with van der Waals surface area (Å²) in [6.45, 7) is 7.74. The fourth-order valence-electron chi connectivity index (χ4n) is 2.36. The normalized spacial score (nSPS) is 25.9. The molecule has 5 nitrogen and oxygen atoms in total. The van der Waals surface area contributed by atoms with Crippen molar-refractivity contribution in [3.05, 3.63) is 0 Å². The van der Waals surface area contributed by atoms with Crippen LogP contribution in [0, 0.1) is 5.92 Å². The van der Waals surface area contributed by atoms with E-state index < -0.39 is 15.7 Å². The maximum absolute atomic E-state index is 12.4. The number of nitrogens with one attached hydrogen (secondary N) is 1. The second-order valence-corrected chi connectivity index (χ2v) is 7.34. The van der Waals surface area contributed by atoms with E-state index in [0.717, 1.165) is 19.3 Å². The molecule has 0 aliphatic carbocycles. The van der Waals surface area contributed by atoms with Gasteiger partial charge >= 0.3 is 0 Å². The molecule has 0 aromatic rings. The van der Waals surface area contributed by atoms with Crippen molar-refractivity contribution in [3.8, 4) is 0 Å². The molecule has 3 N–H and O–H groups in total.